The van der Waals surface area contributed by atoms with Gasteiger partial charge in [-0.05, 0) is 62.7 Å². The van der Waals surface area contributed by atoms with Gasteiger partial charge in [-0.25, -0.2) is 4.79 Å². The van der Waals surface area contributed by atoms with Crippen molar-refractivity contribution in [3.63, 3.8) is 0 Å². The number of fused-ring (bicyclic) bond motifs is 1. The molecule has 6 rings (SSSR count). The van der Waals surface area contributed by atoms with Crippen molar-refractivity contribution < 1.29 is 22.7 Å². The average molecular weight is 436 g/mol. The van der Waals surface area contributed by atoms with Crippen LogP contribution in [0.5, 0.6) is 0 Å². The van der Waals surface area contributed by atoms with Gasteiger partial charge in [0.25, 0.3) is 0 Å². The van der Waals surface area contributed by atoms with E-state index in [1.54, 1.807) is 18.4 Å². The highest BCUT2D eigenvalue weighted by atomic mass is 19.4. The van der Waals surface area contributed by atoms with Crippen LogP contribution < -0.4 is 0 Å². The van der Waals surface area contributed by atoms with E-state index in [1.165, 1.54) is 19.3 Å². The SMILES string of the molecule is CC1(C)CCc2nnc(C34CC5CC(CC(C5)C3)C4)n2C1(CC#N)OC(=O)C(F)(F)F. The molecule has 2 heterocycles. The number of ether oxygens (including phenoxy) is 1. The first-order valence-electron chi connectivity index (χ1n) is 11.1. The van der Waals surface area contributed by atoms with Gasteiger partial charge in [0, 0.05) is 17.3 Å². The van der Waals surface area contributed by atoms with Crippen molar-refractivity contribution in [1.29, 1.82) is 5.26 Å². The van der Waals surface area contributed by atoms with Crippen LogP contribution in [0.15, 0.2) is 0 Å². The molecule has 0 radical (unpaired) electrons. The number of hydrogen-bond acceptors (Lipinski definition) is 5. The maximum absolute atomic E-state index is 13.3. The van der Waals surface area contributed by atoms with E-state index in [1.807, 2.05) is 6.07 Å². The molecule has 4 bridgehead atoms. The Balaban J connectivity index is 1.67. The van der Waals surface area contributed by atoms with Gasteiger partial charge in [-0.15, -0.1) is 10.2 Å². The molecule has 1 aromatic rings. The maximum Gasteiger partial charge on any atom is 0.491 e. The summed E-state index contributed by atoms with van der Waals surface area (Å²) in [6.45, 7) is 3.53. The van der Waals surface area contributed by atoms with Crippen LogP contribution in [0.2, 0.25) is 0 Å². The number of nitrogens with zero attached hydrogens (tertiary/aromatic N) is 4. The van der Waals surface area contributed by atoms with E-state index in [0.29, 0.717) is 42.2 Å². The lowest BCUT2D eigenvalue weighted by Crippen LogP contribution is -2.58. The Morgan fingerprint density at radius 1 is 1.16 bits per heavy atom. The number of alkyl halides is 3. The second-order valence-corrected chi connectivity index (χ2v) is 10.9. The normalized spacial score (nSPS) is 37.9. The van der Waals surface area contributed by atoms with Gasteiger partial charge in [0.05, 0.1) is 12.5 Å². The average Bonchev–Trinajstić information content (AvgIpc) is 3.09. The van der Waals surface area contributed by atoms with Crippen LogP contribution in [-0.2, 0) is 27.1 Å². The van der Waals surface area contributed by atoms with Crippen molar-refractivity contribution in [3.8, 4) is 6.07 Å². The first-order chi connectivity index (χ1) is 14.5. The van der Waals surface area contributed by atoms with E-state index >= 15 is 0 Å². The molecular weight excluding hydrogens is 409 g/mol. The van der Waals surface area contributed by atoms with Gasteiger partial charge in [0.2, 0.25) is 5.72 Å². The Bertz CT molecular complexity index is 926. The summed E-state index contributed by atoms with van der Waals surface area (Å²) in [6.07, 6.45) is 1.86. The minimum atomic E-state index is -5.15. The van der Waals surface area contributed by atoms with Crippen molar-refractivity contribution in [1.82, 2.24) is 14.8 Å². The quantitative estimate of drug-likeness (QED) is 0.657. The van der Waals surface area contributed by atoms with Gasteiger partial charge in [-0.1, -0.05) is 13.8 Å². The topological polar surface area (TPSA) is 80.8 Å². The summed E-state index contributed by atoms with van der Waals surface area (Å²) in [6, 6.07) is 2.00. The Morgan fingerprint density at radius 2 is 1.74 bits per heavy atom. The molecule has 0 N–H and O–H groups in total. The van der Waals surface area contributed by atoms with E-state index in [9.17, 15) is 23.2 Å². The molecule has 6 nitrogen and oxygen atoms in total. The molecule has 1 unspecified atom stereocenters. The fourth-order valence-electron chi connectivity index (χ4n) is 7.36. The molecular formula is C22H27F3N4O2. The number of esters is 1. The summed E-state index contributed by atoms with van der Waals surface area (Å²) >= 11 is 0. The van der Waals surface area contributed by atoms with E-state index < -0.39 is 23.3 Å². The zero-order valence-electron chi connectivity index (χ0n) is 17.8. The van der Waals surface area contributed by atoms with Crippen LogP contribution in [-0.4, -0.2) is 26.9 Å². The third kappa shape index (κ3) is 2.93. The van der Waals surface area contributed by atoms with E-state index in [2.05, 4.69) is 10.2 Å². The molecule has 168 valence electrons. The molecule has 4 aliphatic carbocycles. The lowest BCUT2D eigenvalue weighted by Gasteiger charge is -2.57. The smallest absolute Gasteiger partial charge is 0.430 e. The van der Waals surface area contributed by atoms with Gasteiger partial charge in [0.1, 0.15) is 11.6 Å². The first kappa shape index (κ1) is 20.8. The monoisotopic (exact) mass is 436 g/mol. The van der Waals surface area contributed by atoms with Gasteiger partial charge in [-0.3, -0.25) is 4.57 Å². The van der Waals surface area contributed by atoms with E-state index in [-0.39, 0.29) is 11.8 Å². The molecule has 9 heteroatoms. The molecule has 5 aliphatic rings. The number of aryl methyl sites for hydroxylation is 1. The van der Waals surface area contributed by atoms with Crippen molar-refractivity contribution in [3.05, 3.63) is 11.6 Å². The Labute approximate surface area is 179 Å². The Kier molecular flexibility index (Phi) is 4.33. The lowest BCUT2D eigenvalue weighted by atomic mass is 9.49. The molecule has 1 atom stereocenters. The molecule has 1 aromatic heterocycles. The number of rotatable bonds is 3. The minimum absolute atomic E-state index is 0.265. The van der Waals surface area contributed by atoms with Gasteiger partial charge in [0.15, 0.2) is 0 Å². The summed E-state index contributed by atoms with van der Waals surface area (Å²) in [5, 5.41) is 18.5. The fraction of sp³-hybridized carbons (Fsp3) is 0.818. The highest BCUT2D eigenvalue weighted by Crippen LogP contribution is 2.62. The highest BCUT2D eigenvalue weighted by molar-refractivity contribution is 5.76. The maximum atomic E-state index is 13.3. The van der Waals surface area contributed by atoms with Crippen molar-refractivity contribution >= 4 is 5.97 Å². The molecule has 0 saturated heterocycles. The number of carbonyl (C=O) groups excluding carboxylic acids is 1. The zero-order chi connectivity index (χ0) is 22.2. The molecule has 0 spiro atoms. The Morgan fingerprint density at radius 3 is 2.26 bits per heavy atom. The first-order valence-corrected chi connectivity index (χ1v) is 11.1. The van der Waals surface area contributed by atoms with Crippen molar-refractivity contribution in [2.24, 2.45) is 23.2 Å². The van der Waals surface area contributed by atoms with E-state index in [0.717, 1.165) is 19.3 Å². The van der Waals surface area contributed by atoms with Crippen molar-refractivity contribution in [2.75, 3.05) is 0 Å². The predicted molar refractivity (Wildman–Crippen MR) is 102 cm³/mol. The molecule has 4 fully saturated rings. The summed E-state index contributed by atoms with van der Waals surface area (Å²) in [4.78, 5) is 12.1. The predicted octanol–water partition coefficient (Wildman–Crippen LogP) is 4.39. The standard InChI is InChI=1S/C22H27F3N4O2/c1-19(2)4-3-16-27-28-17(20-10-13-7-14(11-20)9-15(8-13)12-20)29(16)21(19,5-6-26)31-18(30)22(23,24)25/h13-15H,3-5,7-12H2,1-2H3. The van der Waals surface area contributed by atoms with Crippen LogP contribution in [0.3, 0.4) is 0 Å². The molecule has 4 saturated carbocycles. The Hall–Kier alpha value is -2.11. The second kappa shape index (κ2) is 6.46. The van der Waals surface area contributed by atoms with Crippen LogP contribution in [0, 0.1) is 34.5 Å². The number of halogens is 3. The summed E-state index contributed by atoms with van der Waals surface area (Å²) < 4.78 is 46.8. The molecule has 0 amide bonds. The number of hydrogen-bond donors (Lipinski definition) is 0. The molecule has 0 aromatic carbocycles. The van der Waals surface area contributed by atoms with Crippen LogP contribution in [0.4, 0.5) is 13.2 Å². The van der Waals surface area contributed by atoms with E-state index in [4.69, 9.17) is 4.74 Å². The third-order valence-electron chi connectivity index (χ3n) is 8.45. The van der Waals surface area contributed by atoms with Gasteiger partial charge >= 0.3 is 12.1 Å². The third-order valence-corrected chi connectivity index (χ3v) is 8.45. The zero-order valence-corrected chi connectivity index (χ0v) is 17.8. The molecule has 1 aliphatic heterocycles. The second-order valence-electron chi connectivity index (χ2n) is 10.9. The highest BCUT2D eigenvalue weighted by Gasteiger charge is 2.61. The number of carbonyl (C=O) groups is 1. The van der Waals surface area contributed by atoms with Gasteiger partial charge in [-0.2, -0.15) is 18.4 Å². The lowest BCUT2D eigenvalue weighted by molar-refractivity contribution is -0.246. The fourth-order valence-corrected chi connectivity index (χ4v) is 7.36. The van der Waals surface area contributed by atoms with Crippen LogP contribution in [0.25, 0.3) is 0 Å². The summed E-state index contributed by atoms with van der Waals surface area (Å²) in [5.74, 6) is 0.653. The van der Waals surface area contributed by atoms with Crippen LogP contribution >= 0.6 is 0 Å². The van der Waals surface area contributed by atoms with Crippen LogP contribution in [0.1, 0.15) is 76.9 Å². The number of aromatic nitrogens is 3. The summed E-state index contributed by atoms with van der Waals surface area (Å²) in [5.41, 5.74) is -2.95. The summed E-state index contributed by atoms with van der Waals surface area (Å²) in [7, 11) is 0. The van der Waals surface area contributed by atoms with Crippen molar-refractivity contribution in [2.45, 2.75) is 89.0 Å². The minimum Gasteiger partial charge on any atom is -0.430 e. The number of nitriles is 1. The largest absolute Gasteiger partial charge is 0.491 e. The molecule has 31 heavy (non-hydrogen) atoms. The van der Waals surface area contributed by atoms with Gasteiger partial charge < -0.3 is 4.74 Å².